The molecule has 1 fully saturated rings. The number of carbonyl (C=O) groups is 2. The number of nitrogens with zero attached hydrogens (tertiary/aromatic N) is 3. The molecule has 3 aromatic carbocycles. The summed E-state index contributed by atoms with van der Waals surface area (Å²) in [6, 6.07) is 24.9. The average molecular weight is 564 g/mol. The minimum atomic E-state index is -0.600. The molecular formula is C32H38ClN3O2S. The van der Waals surface area contributed by atoms with E-state index < -0.39 is 6.04 Å². The molecular weight excluding hydrogens is 526 g/mol. The van der Waals surface area contributed by atoms with E-state index in [4.69, 9.17) is 11.6 Å². The van der Waals surface area contributed by atoms with Crippen LogP contribution < -0.4 is 0 Å². The Kier molecular flexibility index (Phi) is 9.42. The normalized spacial score (nSPS) is 17.5. The number of thioether (sulfide) groups is 1. The highest BCUT2D eigenvalue weighted by Gasteiger charge is 2.44. The van der Waals surface area contributed by atoms with Crippen LogP contribution in [-0.2, 0) is 16.8 Å². The first kappa shape index (κ1) is 29.2. The first-order chi connectivity index (χ1) is 18.6. The molecule has 0 radical (unpaired) electrons. The number of hydrogen-bond acceptors (Lipinski definition) is 4. The second-order valence-corrected chi connectivity index (χ2v) is 12.8. The van der Waals surface area contributed by atoms with E-state index in [1.807, 2.05) is 61.5 Å². The number of carbonyl (C=O) groups excluding carboxylic acids is 2. The zero-order valence-corrected chi connectivity index (χ0v) is 25.0. The van der Waals surface area contributed by atoms with Crippen molar-refractivity contribution < 1.29 is 9.59 Å². The van der Waals surface area contributed by atoms with Crippen LogP contribution in [0.5, 0.6) is 0 Å². The molecule has 7 heteroatoms. The van der Waals surface area contributed by atoms with Gasteiger partial charge in [0.1, 0.15) is 11.4 Å². The summed E-state index contributed by atoms with van der Waals surface area (Å²) in [6.45, 7) is 8.35. The summed E-state index contributed by atoms with van der Waals surface area (Å²) in [4.78, 5) is 34.0. The molecule has 0 saturated carbocycles. The Labute approximate surface area is 242 Å². The van der Waals surface area contributed by atoms with E-state index in [0.717, 1.165) is 17.7 Å². The second-order valence-electron chi connectivity index (χ2n) is 11.3. The van der Waals surface area contributed by atoms with Crippen LogP contribution in [0.15, 0.2) is 78.9 Å². The molecule has 1 aliphatic rings. The minimum Gasteiger partial charge on any atom is -0.335 e. The third kappa shape index (κ3) is 7.05. The van der Waals surface area contributed by atoms with Crippen LogP contribution in [0.25, 0.3) is 0 Å². The van der Waals surface area contributed by atoms with E-state index in [0.29, 0.717) is 29.4 Å². The molecule has 5 nitrogen and oxygen atoms in total. The number of likely N-dealkylation sites (N-methyl/N-ethyl adjacent to an activating group) is 1. The largest absolute Gasteiger partial charge is 0.335 e. The van der Waals surface area contributed by atoms with E-state index in [9.17, 15) is 9.59 Å². The molecule has 4 rings (SSSR count). The molecule has 206 valence electrons. The van der Waals surface area contributed by atoms with Crippen LogP contribution >= 0.6 is 23.4 Å². The fourth-order valence-corrected chi connectivity index (χ4v) is 6.36. The predicted octanol–water partition coefficient (Wildman–Crippen LogP) is 6.48. The van der Waals surface area contributed by atoms with Crippen LogP contribution in [0.3, 0.4) is 0 Å². The van der Waals surface area contributed by atoms with Crippen LogP contribution in [0.1, 0.15) is 53.2 Å². The van der Waals surface area contributed by atoms with Gasteiger partial charge in [0, 0.05) is 25.4 Å². The molecule has 0 spiro atoms. The SMILES string of the molecule is CN(C)CCN(Cc1ccccc1)C(=O)C1CSC(c2ccc(C(C)(C)C)cc2)N1C(=O)c1ccccc1Cl. The molecule has 2 amide bonds. The third-order valence-electron chi connectivity index (χ3n) is 7.03. The Hall–Kier alpha value is -2.80. The lowest BCUT2D eigenvalue weighted by molar-refractivity contribution is -0.136. The number of hydrogen-bond donors (Lipinski definition) is 0. The van der Waals surface area contributed by atoms with Gasteiger partial charge in [-0.3, -0.25) is 9.59 Å². The molecule has 2 atom stereocenters. The van der Waals surface area contributed by atoms with Gasteiger partial charge in [0.05, 0.1) is 10.6 Å². The molecule has 0 aliphatic carbocycles. The van der Waals surface area contributed by atoms with Gasteiger partial charge in [-0.05, 0) is 48.3 Å². The fourth-order valence-electron chi connectivity index (χ4n) is 4.73. The molecule has 0 N–H and O–H groups in total. The topological polar surface area (TPSA) is 43.9 Å². The van der Waals surface area contributed by atoms with Crippen LogP contribution in [0, 0.1) is 0 Å². The molecule has 3 aromatic rings. The molecule has 1 heterocycles. The second kappa shape index (κ2) is 12.6. The molecule has 0 aromatic heterocycles. The maximum absolute atomic E-state index is 14.2. The van der Waals surface area contributed by atoms with E-state index in [1.165, 1.54) is 5.56 Å². The predicted molar refractivity (Wildman–Crippen MR) is 162 cm³/mol. The van der Waals surface area contributed by atoms with Crippen LogP contribution in [0.2, 0.25) is 5.02 Å². The Balaban J connectivity index is 1.70. The summed E-state index contributed by atoms with van der Waals surface area (Å²) in [5.41, 5.74) is 3.74. The molecule has 1 saturated heterocycles. The lowest BCUT2D eigenvalue weighted by atomic mass is 9.86. The van der Waals surface area contributed by atoms with Crippen molar-refractivity contribution in [3.8, 4) is 0 Å². The standard InChI is InChI=1S/C32H38ClN3O2S/c1-32(2,3)25-17-15-24(16-18-25)31-36(29(37)26-13-9-10-14-27(26)33)28(22-39-31)30(38)35(20-19-34(4)5)21-23-11-7-6-8-12-23/h6-18,28,31H,19-22H2,1-5H3. The van der Waals surface area contributed by atoms with Gasteiger partial charge >= 0.3 is 0 Å². The summed E-state index contributed by atoms with van der Waals surface area (Å²) < 4.78 is 0. The number of benzene rings is 3. The highest BCUT2D eigenvalue weighted by Crippen LogP contribution is 2.43. The van der Waals surface area contributed by atoms with E-state index >= 15 is 0 Å². The van der Waals surface area contributed by atoms with Crippen molar-refractivity contribution in [3.63, 3.8) is 0 Å². The Morgan fingerprint density at radius 1 is 0.923 bits per heavy atom. The zero-order valence-electron chi connectivity index (χ0n) is 23.4. The first-order valence-corrected chi connectivity index (χ1v) is 14.8. The lowest BCUT2D eigenvalue weighted by Gasteiger charge is -2.33. The molecule has 0 bridgehead atoms. The van der Waals surface area contributed by atoms with Gasteiger partial charge in [0.2, 0.25) is 5.91 Å². The third-order valence-corrected chi connectivity index (χ3v) is 8.68. The van der Waals surface area contributed by atoms with Gasteiger partial charge in [0.15, 0.2) is 0 Å². The Morgan fingerprint density at radius 2 is 1.56 bits per heavy atom. The summed E-state index contributed by atoms with van der Waals surface area (Å²) in [7, 11) is 4.00. The Bertz CT molecular complexity index is 1270. The van der Waals surface area contributed by atoms with Crippen molar-refractivity contribution in [2.75, 3.05) is 32.9 Å². The smallest absolute Gasteiger partial charge is 0.257 e. The number of amides is 2. The first-order valence-electron chi connectivity index (χ1n) is 13.3. The van der Waals surface area contributed by atoms with E-state index in [-0.39, 0.29) is 22.6 Å². The van der Waals surface area contributed by atoms with E-state index in [2.05, 4.69) is 49.9 Å². The molecule has 1 aliphatic heterocycles. The van der Waals surface area contributed by atoms with Crippen LogP contribution in [-0.4, -0.2) is 65.5 Å². The van der Waals surface area contributed by atoms with E-state index in [1.54, 1.807) is 28.8 Å². The highest BCUT2D eigenvalue weighted by molar-refractivity contribution is 7.99. The van der Waals surface area contributed by atoms with Crippen molar-refractivity contribution in [3.05, 3.63) is 106 Å². The van der Waals surface area contributed by atoms with Crippen molar-refractivity contribution >= 4 is 35.2 Å². The van der Waals surface area contributed by atoms with Crippen LogP contribution in [0.4, 0.5) is 0 Å². The monoisotopic (exact) mass is 563 g/mol. The maximum Gasteiger partial charge on any atom is 0.257 e. The van der Waals surface area contributed by atoms with Gasteiger partial charge in [0.25, 0.3) is 5.91 Å². The summed E-state index contributed by atoms with van der Waals surface area (Å²) in [5, 5.41) is 0.102. The number of halogens is 1. The van der Waals surface area contributed by atoms with Crippen molar-refractivity contribution in [1.29, 1.82) is 0 Å². The summed E-state index contributed by atoms with van der Waals surface area (Å²) in [5.74, 6) is 0.261. The summed E-state index contributed by atoms with van der Waals surface area (Å²) >= 11 is 8.12. The van der Waals surface area contributed by atoms with Gasteiger partial charge in [-0.2, -0.15) is 0 Å². The number of rotatable bonds is 8. The fraction of sp³-hybridized carbons (Fsp3) is 0.375. The van der Waals surface area contributed by atoms with Crippen molar-refractivity contribution in [2.24, 2.45) is 0 Å². The molecule has 39 heavy (non-hydrogen) atoms. The quantitative estimate of drug-likeness (QED) is 0.314. The Morgan fingerprint density at radius 3 is 2.18 bits per heavy atom. The maximum atomic E-state index is 14.2. The average Bonchev–Trinajstić information content (AvgIpc) is 3.36. The van der Waals surface area contributed by atoms with Gasteiger partial charge in [-0.15, -0.1) is 11.8 Å². The van der Waals surface area contributed by atoms with Crippen molar-refractivity contribution in [2.45, 2.75) is 44.1 Å². The molecule has 2 unspecified atom stereocenters. The lowest BCUT2D eigenvalue weighted by Crippen LogP contribution is -2.50. The summed E-state index contributed by atoms with van der Waals surface area (Å²) in [6.07, 6.45) is 0. The van der Waals surface area contributed by atoms with Gasteiger partial charge in [-0.25, -0.2) is 0 Å². The van der Waals surface area contributed by atoms with Gasteiger partial charge < -0.3 is 14.7 Å². The minimum absolute atomic E-state index is 0.0251. The zero-order chi connectivity index (χ0) is 28.2. The highest BCUT2D eigenvalue weighted by atomic mass is 35.5. The van der Waals surface area contributed by atoms with Crippen molar-refractivity contribution in [1.82, 2.24) is 14.7 Å². The van der Waals surface area contributed by atoms with Gasteiger partial charge in [-0.1, -0.05) is 99.1 Å².